The van der Waals surface area contributed by atoms with Crippen LogP contribution in [-0.4, -0.2) is 23.2 Å². The van der Waals surface area contributed by atoms with E-state index in [9.17, 15) is 9.59 Å². The second-order valence-electron chi connectivity index (χ2n) is 5.76. The number of nitrogens with zero attached hydrogens (tertiary/aromatic N) is 1. The zero-order valence-electron chi connectivity index (χ0n) is 14.3. The fraction of sp³-hybridized carbons (Fsp3) is 0.278. The molecule has 0 saturated heterocycles. The first-order chi connectivity index (χ1) is 12.3. The summed E-state index contributed by atoms with van der Waals surface area (Å²) in [7, 11) is 0. The second kappa shape index (κ2) is 8.73. The van der Waals surface area contributed by atoms with Crippen LogP contribution in [0.3, 0.4) is 0 Å². The third-order valence-corrected chi connectivity index (χ3v) is 4.26. The SMILES string of the molecule is CC[C@H](NCCC(N)=O)c1ccc(Cl)c(C(=O)c2ccc(N)nc2)c1F. The Bertz CT molecular complexity index is 812. The van der Waals surface area contributed by atoms with E-state index < -0.39 is 17.5 Å². The van der Waals surface area contributed by atoms with Crippen molar-refractivity contribution in [2.75, 3.05) is 12.3 Å². The molecule has 0 unspecified atom stereocenters. The molecule has 1 aromatic carbocycles. The molecule has 2 rings (SSSR count). The van der Waals surface area contributed by atoms with Gasteiger partial charge in [0.1, 0.15) is 11.6 Å². The summed E-state index contributed by atoms with van der Waals surface area (Å²) in [6, 6.07) is 5.55. The maximum Gasteiger partial charge on any atom is 0.218 e. The summed E-state index contributed by atoms with van der Waals surface area (Å²) in [5.41, 5.74) is 10.9. The minimum absolute atomic E-state index is 0.0139. The standard InChI is InChI=1S/C18H20ClFN4O2/c1-2-13(23-8-7-15(22)25)11-4-5-12(19)16(17(11)20)18(26)10-3-6-14(21)24-9-10/h3-6,9,13,23H,2,7-8H2,1H3,(H2,21,24)(H2,22,25)/t13-/m0/s1. The monoisotopic (exact) mass is 378 g/mol. The third kappa shape index (κ3) is 4.56. The van der Waals surface area contributed by atoms with Gasteiger partial charge in [0.2, 0.25) is 5.91 Å². The van der Waals surface area contributed by atoms with Gasteiger partial charge in [0.05, 0.1) is 10.6 Å². The molecule has 1 aromatic heterocycles. The minimum Gasteiger partial charge on any atom is -0.384 e. The van der Waals surface area contributed by atoms with E-state index in [1.54, 1.807) is 0 Å². The van der Waals surface area contributed by atoms with Crippen LogP contribution in [0.25, 0.3) is 0 Å². The highest BCUT2D eigenvalue weighted by Crippen LogP contribution is 2.29. The first-order valence-electron chi connectivity index (χ1n) is 8.11. The highest BCUT2D eigenvalue weighted by molar-refractivity contribution is 6.35. The molecule has 8 heteroatoms. The van der Waals surface area contributed by atoms with Gasteiger partial charge in [-0.3, -0.25) is 9.59 Å². The number of anilines is 1. The first kappa shape index (κ1) is 19.8. The maximum atomic E-state index is 15.1. The van der Waals surface area contributed by atoms with Gasteiger partial charge in [0, 0.05) is 36.3 Å². The molecule has 0 aliphatic carbocycles. The van der Waals surface area contributed by atoms with Crippen LogP contribution in [0.5, 0.6) is 0 Å². The Hall–Kier alpha value is -2.51. The maximum absolute atomic E-state index is 15.1. The topological polar surface area (TPSA) is 111 Å². The number of benzene rings is 1. The Morgan fingerprint density at radius 3 is 2.62 bits per heavy atom. The van der Waals surface area contributed by atoms with Crippen molar-refractivity contribution >= 4 is 29.1 Å². The molecule has 2 aromatic rings. The minimum atomic E-state index is -0.697. The molecule has 6 nitrogen and oxygen atoms in total. The zero-order valence-corrected chi connectivity index (χ0v) is 15.0. The van der Waals surface area contributed by atoms with Crippen molar-refractivity contribution in [1.29, 1.82) is 0 Å². The summed E-state index contributed by atoms with van der Waals surface area (Å²) < 4.78 is 15.1. The van der Waals surface area contributed by atoms with Crippen LogP contribution in [-0.2, 0) is 4.79 Å². The van der Waals surface area contributed by atoms with Crippen molar-refractivity contribution in [2.24, 2.45) is 5.73 Å². The summed E-state index contributed by atoms with van der Waals surface area (Å²) in [4.78, 5) is 27.4. The molecule has 0 spiro atoms. The molecule has 26 heavy (non-hydrogen) atoms. The zero-order chi connectivity index (χ0) is 19.3. The van der Waals surface area contributed by atoms with Crippen LogP contribution in [0, 0.1) is 5.82 Å². The van der Waals surface area contributed by atoms with Gasteiger partial charge in [-0.25, -0.2) is 9.37 Å². The van der Waals surface area contributed by atoms with Gasteiger partial charge in [-0.05, 0) is 24.6 Å². The summed E-state index contributed by atoms with van der Waals surface area (Å²) in [6.07, 6.45) is 1.96. The lowest BCUT2D eigenvalue weighted by molar-refractivity contribution is -0.117. The Labute approximate surface area is 155 Å². The van der Waals surface area contributed by atoms with Crippen LogP contribution in [0.15, 0.2) is 30.5 Å². The molecule has 1 heterocycles. The number of nitrogens with one attached hydrogen (secondary N) is 1. The largest absolute Gasteiger partial charge is 0.384 e. The summed E-state index contributed by atoms with van der Waals surface area (Å²) in [5, 5.41) is 3.08. The third-order valence-electron chi connectivity index (χ3n) is 3.94. The van der Waals surface area contributed by atoms with Gasteiger partial charge >= 0.3 is 0 Å². The molecule has 1 atom stereocenters. The lowest BCUT2D eigenvalue weighted by atomic mass is 9.96. The van der Waals surface area contributed by atoms with Crippen LogP contribution < -0.4 is 16.8 Å². The predicted octanol–water partition coefficient (Wildman–Crippen LogP) is 2.60. The number of rotatable bonds is 8. The average Bonchev–Trinajstić information content (AvgIpc) is 2.60. The van der Waals surface area contributed by atoms with Crippen LogP contribution in [0.4, 0.5) is 10.2 Å². The highest BCUT2D eigenvalue weighted by atomic mass is 35.5. The summed E-state index contributed by atoms with van der Waals surface area (Å²) in [6.45, 7) is 2.17. The number of nitrogen functional groups attached to an aromatic ring is 1. The Kier molecular flexibility index (Phi) is 6.65. The number of primary amides is 1. The first-order valence-corrected chi connectivity index (χ1v) is 8.48. The van der Waals surface area contributed by atoms with E-state index in [-0.39, 0.29) is 34.4 Å². The molecule has 0 radical (unpaired) electrons. The van der Waals surface area contributed by atoms with Gasteiger partial charge in [0.15, 0.2) is 5.78 Å². The molecule has 0 bridgehead atoms. The number of carbonyl (C=O) groups is 2. The molecule has 0 aliphatic heterocycles. The van der Waals surface area contributed by atoms with E-state index in [2.05, 4.69) is 10.3 Å². The Morgan fingerprint density at radius 1 is 1.31 bits per heavy atom. The van der Waals surface area contributed by atoms with Gasteiger partial charge < -0.3 is 16.8 Å². The molecule has 1 amide bonds. The average molecular weight is 379 g/mol. The number of hydrogen-bond acceptors (Lipinski definition) is 5. The summed E-state index contributed by atoms with van der Waals surface area (Å²) in [5.74, 6) is -1.46. The number of aromatic nitrogens is 1. The number of hydrogen-bond donors (Lipinski definition) is 3. The van der Waals surface area contributed by atoms with Crippen molar-refractivity contribution < 1.29 is 14.0 Å². The molecule has 0 fully saturated rings. The Balaban J connectivity index is 2.36. The fourth-order valence-electron chi connectivity index (χ4n) is 2.57. The predicted molar refractivity (Wildman–Crippen MR) is 98.3 cm³/mol. The Morgan fingerprint density at radius 2 is 2.04 bits per heavy atom. The normalized spacial score (nSPS) is 12.0. The number of nitrogens with two attached hydrogens (primary N) is 2. The van der Waals surface area contributed by atoms with E-state index in [1.807, 2.05) is 6.92 Å². The van der Waals surface area contributed by atoms with Gasteiger partial charge in [-0.2, -0.15) is 0 Å². The van der Waals surface area contributed by atoms with Gasteiger partial charge in [0.25, 0.3) is 0 Å². The molecular weight excluding hydrogens is 359 g/mol. The number of amides is 1. The molecule has 5 N–H and O–H groups in total. The lowest BCUT2D eigenvalue weighted by Gasteiger charge is -2.19. The second-order valence-corrected chi connectivity index (χ2v) is 6.16. The molecule has 0 saturated carbocycles. The number of carbonyl (C=O) groups excluding carboxylic acids is 2. The van der Waals surface area contributed by atoms with E-state index in [4.69, 9.17) is 23.1 Å². The quantitative estimate of drug-likeness (QED) is 0.611. The number of pyridine rings is 1. The van der Waals surface area contributed by atoms with Crippen LogP contribution in [0.2, 0.25) is 5.02 Å². The fourth-order valence-corrected chi connectivity index (χ4v) is 2.81. The van der Waals surface area contributed by atoms with Crippen molar-refractivity contribution in [2.45, 2.75) is 25.8 Å². The highest BCUT2D eigenvalue weighted by Gasteiger charge is 2.24. The van der Waals surface area contributed by atoms with Crippen LogP contribution in [0.1, 0.15) is 47.3 Å². The molecular formula is C18H20ClFN4O2. The van der Waals surface area contributed by atoms with E-state index in [0.29, 0.717) is 18.5 Å². The summed E-state index contributed by atoms with van der Waals surface area (Å²) >= 11 is 6.08. The van der Waals surface area contributed by atoms with Gasteiger partial charge in [-0.1, -0.05) is 24.6 Å². The van der Waals surface area contributed by atoms with E-state index in [1.165, 1.54) is 30.5 Å². The smallest absolute Gasteiger partial charge is 0.218 e. The van der Waals surface area contributed by atoms with Crippen molar-refractivity contribution in [3.05, 3.63) is 58.0 Å². The molecule has 0 aliphatic rings. The van der Waals surface area contributed by atoms with Crippen molar-refractivity contribution in [1.82, 2.24) is 10.3 Å². The molecule has 138 valence electrons. The van der Waals surface area contributed by atoms with E-state index in [0.717, 1.165) is 0 Å². The van der Waals surface area contributed by atoms with Crippen molar-refractivity contribution in [3.63, 3.8) is 0 Å². The van der Waals surface area contributed by atoms with Crippen LogP contribution >= 0.6 is 11.6 Å². The van der Waals surface area contributed by atoms with Crippen molar-refractivity contribution in [3.8, 4) is 0 Å². The van der Waals surface area contributed by atoms with E-state index >= 15 is 4.39 Å². The number of ketones is 1. The number of halogens is 2. The van der Waals surface area contributed by atoms with Gasteiger partial charge in [-0.15, -0.1) is 0 Å². The lowest BCUT2D eigenvalue weighted by Crippen LogP contribution is -2.27.